The zero-order valence-corrected chi connectivity index (χ0v) is 12.6. The van der Waals surface area contributed by atoms with Gasteiger partial charge in [0.1, 0.15) is 5.82 Å². The Morgan fingerprint density at radius 3 is 2.65 bits per heavy atom. The van der Waals surface area contributed by atoms with Crippen molar-refractivity contribution in [1.29, 1.82) is 0 Å². The first kappa shape index (κ1) is 14.8. The third-order valence-electron chi connectivity index (χ3n) is 2.52. The zero-order chi connectivity index (χ0) is 14.5. The summed E-state index contributed by atoms with van der Waals surface area (Å²) in [6, 6.07) is 11.3. The first-order chi connectivity index (χ1) is 9.56. The maximum atomic E-state index is 12.9. The van der Waals surface area contributed by atoms with Crippen LogP contribution in [0.15, 0.2) is 46.9 Å². The highest BCUT2D eigenvalue weighted by Crippen LogP contribution is 2.23. The van der Waals surface area contributed by atoms with Crippen molar-refractivity contribution in [1.82, 2.24) is 0 Å². The fourth-order valence-corrected chi connectivity index (χ4v) is 2.20. The van der Waals surface area contributed by atoms with Crippen molar-refractivity contribution in [2.24, 2.45) is 0 Å². The van der Waals surface area contributed by atoms with E-state index in [2.05, 4.69) is 26.6 Å². The molecule has 0 saturated heterocycles. The Kier molecular flexibility index (Phi) is 4.98. The molecule has 0 spiro atoms. The molecule has 104 valence electrons. The van der Waals surface area contributed by atoms with Crippen LogP contribution < -0.4 is 10.6 Å². The minimum absolute atomic E-state index is 0.0797. The second-order valence-electron chi connectivity index (χ2n) is 4.01. The normalized spacial score (nSPS) is 10.2. The third kappa shape index (κ3) is 3.95. The number of amides is 1. The van der Waals surface area contributed by atoms with E-state index in [1.807, 2.05) is 24.3 Å². The van der Waals surface area contributed by atoms with E-state index in [0.29, 0.717) is 5.69 Å². The van der Waals surface area contributed by atoms with Gasteiger partial charge in [-0.15, -0.1) is 0 Å². The zero-order valence-electron chi connectivity index (χ0n) is 10.3. The second kappa shape index (κ2) is 6.72. The standard InChI is InChI=1S/C14H11BrClFN2O/c15-10-3-1-2-4-12(10)18-8-14(20)19-13-6-5-9(17)7-11(13)16/h1-7,18H,8H2,(H,19,20). The number of nitrogens with one attached hydrogen (secondary N) is 2. The highest BCUT2D eigenvalue weighted by atomic mass is 79.9. The van der Waals surface area contributed by atoms with Gasteiger partial charge in [0.2, 0.25) is 5.91 Å². The van der Waals surface area contributed by atoms with Gasteiger partial charge in [0, 0.05) is 10.2 Å². The summed E-state index contributed by atoms with van der Waals surface area (Å²) in [7, 11) is 0. The van der Waals surface area contributed by atoms with Crippen molar-refractivity contribution in [3.05, 3.63) is 57.8 Å². The molecule has 6 heteroatoms. The number of para-hydroxylation sites is 1. The predicted octanol–water partition coefficient (Wildman–Crippen LogP) is 4.29. The molecule has 1 amide bonds. The number of anilines is 2. The Labute approximate surface area is 129 Å². The van der Waals surface area contributed by atoms with Gasteiger partial charge in [-0.25, -0.2) is 4.39 Å². The van der Waals surface area contributed by atoms with E-state index in [9.17, 15) is 9.18 Å². The lowest BCUT2D eigenvalue weighted by molar-refractivity contribution is -0.114. The highest BCUT2D eigenvalue weighted by Gasteiger charge is 2.07. The molecule has 20 heavy (non-hydrogen) atoms. The molecule has 0 aliphatic heterocycles. The quantitative estimate of drug-likeness (QED) is 0.857. The molecule has 0 atom stereocenters. The summed E-state index contributed by atoms with van der Waals surface area (Å²) in [5.41, 5.74) is 1.19. The van der Waals surface area contributed by atoms with E-state index in [1.165, 1.54) is 12.1 Å². The van der Waals surface area contributed by atoms with Crippen LogP contribution in [0.1, 0.15) is 0 Å². The van der Waals surface area contributed by atoms with Crippen LogP contribution >= 0.6 is 27.5 Å². The lowest BCUT2D eigenvalue weighted by atomic mass is 10.3. The molecule has 0 aromatic heterocycles. The minimum atomic E-state index is -0.445. The van der Waals surface area contributed by atoms with Crippen molar-refractivity contribution < 1.29 is 9.18 Å². The van der Waals surface area contributed by atoms with Gasteiger partial charge < -0.3 is 10.6 Å². The number of halogens is 3. The lowest BCUT2D eigenvalue weighted by Gasteiger charge is -2.10. The fraction of sp³-hybridized carbons (Fsp3) is 0.0714. The van der Waals surface area contributed by atoms with E-state index in [1.54, 1.807) is 0 Å². The highest BCUT2D eigenvalue weighted by molar-refractivity contribution is 9.10. The largest absolute Gasteiger partial charge is 0.375 e. The van der Waals surface area contributed by atoms with Gasteiger partial charge in [-0.2, -0.15) is 0 Å². The monoisotopic (exact) mass is 356 g/mol. The van der Waals surface area contributed by atoms with Crippen molar-refractivity contribution in [3.8, 4) is 0 Å². The summed E-state index contributed by atoms with van der Waals surface area (Å²) in [5.74, 6) is -0.714. The van der Waals surface area contributed by atoms with Crippen molar-refractivity contribution in [3.63, 3.8) is 0 Å². The van der Waals surface area contributed by atoms with Gasteiger partial charge in [-0.05, 0) is 46.3 Å². The third-order valence-corrected chi connectivity index (χ3v) is 3.52. The van der Waals surface area contributed by atoms with Crippen molar-refractivity contribution in [2.75, 3.05) is 17.2 Å². The van der Waals surface area contributed by atoms with E-state index in [0.717, 1.165) is 16.2 Å². The molecule has 2 N–H and O–H groups in total. The summed E-state index contributed by atoms with van der Waals surface area (Å²) >= 11 is 9.21. The second-order valence-corrected chi connectivity index (χ2v) is 5.27. The summed E-state index contributed by atoms with van der Waals surface area (Å²) in [6.45, 7) is 0.0797. The van der Waals surface area contributed by atoms with Gasteiger partial charge in [0.05, 0.1) is 17.3 Å². The topological polar surface area (TPSA) is 41.1 Å². The molecular formula is C14H11BrClFN2O. The molecule has 0 unspecified atom stereocenters. The van der Waals surface area contributed by atoms with Crippen LogP contribution in [-0.4, -0.2) is 12.5 Å². The number of hydrogen-bond acceptors (Lipinski definition) is 2. The molecule has 0 saturated carbocycles. The predicted molar refractivity (Wildman–Crippen MR) is 82.7 cm³/mol. The smallest absolute Gasteiger partial charge is 0.243 e. The first-order valence-corrected chi connectivity index (χ1v) is 6.96. The molecule has 2 aromatic carbocycles. The number of rotatable bonds is 4. The van der Waals surface area contributed by atoms with Gasteiger partial charge in [0.15, 0.2) is 0 Å². The molecule has 2 rings (SSSR count). The Morgan fingerprint density at radius 1 is 1.20 bits per heavy atom. The Balaban J connectivity index is 1.94. The van der Waals surface area contributed by atoms with Crippen molar-refractivity contribution in [2.45, 2.75) is 0 Å². The van der Waals surface area contributed by atoms with Gasteiger partial charge in [-0.1, -0.05) is 23.7 Å². The van der Waals surface area contributed by atoms with Gasteiger partial charge >= 0.3 is 0 Å². The number of hydrogen-bond donors (Lipinski definition) is 2. The van der Waals surface area contributed by atoms with E-state index < -0.39 is 5.82 Å². The average Bonchev–Trinajstić information content (AvgIpc) is 2.41. The molecular weight excluding hydrogens is 347 g/mol. The number of benzene rings is 2. The Bertz CT molecular complexity index is 636. The summed E-state index contributed by atoms with van der Waals surface area (Å²) < 4.78 is 13.8. The molecule has 0 heterocycles. The van der Waals surface area contributed by atoms with Gasteiger partial charge in [0.25, 0.3) is 0 Å². The minimum Gasteiger partial charge on any atom is -0.375 e. The molecule has 3 nitrogen and oxygen atoms in total. The summed E-state index contributed by atoms with van der Waals surface area (Å²) in [6.07, 6.45) is 0. The molecule has 0 aliphatic rings. The van der Waals surface area contributed by atoms with Crippen LogP contribution in [0, 0.1) is 5.82 Å². The van der Waals surface area contributed by atoms with Crippen LogP contribution in [0.5, 0.6) is 0 Å². The van der Waals surface area contributed by atoms with E-state index in [-0.39, 0.29) is 17.5 Å². The van der Waals surface area contributed by atoms with Crippen LogP contribution in [0.25, 0.3) is 0 Å². The number of carbonyl (C=O) groups is 1. The van der Waals surface area contributed by atoms with Crippen LogP contribution in [0.4, 0.5) is 15.8 Å². The SMILES string of the molecule is O=C(CNc1ccccc1Br)Nc1ccc(F)cc1Cl. The summed E-state index contributed by atoms with van der Waals surface area (Å²) in [5, 5.41) is 5.77. The molecule has 0 aliphatic carbocycles. The first-order valence-electron chi connectivity index (χ1n) is 5.79. The van der Waals surface area contributed by atoms with Gasteiger partial charge in [-0.3, -0.25) is 4.79 Å². The molecule has 0 bridgehead atoms. The van der Waals surface area contributed by atoms with Crippen LogP contribution in [-0.2, 0) is 4.79 Å². The molecule has 0 radical (unpaired) electrons. The molecule has 0 fully saturated rings. The van der Waals surface area contributed by atoms with Crippen molar-refractivity contribution >= 4 is 44.8 Å². The Morgan fingerprint density at radius 2 is 1.95 bits per heavy atom. The summed E-state index contributed by atoms with van der Waals surface area (Å²) in [4.78, 5) is 11.8. The fourth-order valence-electron chi connectivity index (χ4n) is 1.57. The van der Waals surface area contributed by atoms with E-state index >= 15 is 0 Å². The number of carbonyl (C=O) groups excluding carboxylic acids is 1. The van der Waals surface area contributed by atoms with E-state index in [4.69, 9.17) is 11.6 Å². The average molecular weight is 358 g/mol. The van der Waals surface area contributed by atoms with Crippen LogP contribution in [0.3, 0.4) is 0 Å². The van der Waals surface area contributed by atoms with Crippen LogP contribution in [0.2, 0.25) is 5.02 Å². The molecule has 2 aromatic rings. The Hall–Kier alpha value is -1.59. The maximum Gasteiger partial charge on any atom is 0.243 e. The maximum absolute atomic E-state index is 12.9. The lowest BCUT2D eigenvalue weighted by Crippen LogP contribution is -2.22.